The first-order chi connectivity index (χ1) is 16.4. The number of halogens is 1. The molecule has 2 heterocycles. The first-order valence-corrected chi connectivity index (χ1v) is 11.4. The average Bonchev–Trinajstić information content (AvgIpc) is 3.23. The van der Waals surface area contributed by atoms with Gasteiger partial charge >= 0.3 is 0 Å². The number of fused-ring (bicyclic) bond motifs is 1. The number of carbonyl (C=O) groups is 1. The number of nitrogens with one attached hydrogen (secondary N) is 1. The maximum Gasteiger partial charge on any atom is 0.267 e. The lowest BCUT2D eigenvalue weighted by Crippen LogP contribution is -2.22. The van der Waals surface area contributed by atoms with Gasteiger partial charge in [-0.2, -0.15) is 0 Å². The van der Waals surface area contributed by atoms with Crippen molar-refractivity contribution in [2.45, 2.75) is 13.8 Å². The zero-order valence-corrected chi connectivity index (χ0v) is 19.2. The van der Waals surface area contributed by atoms with Crippen molar-refractivity contribution in [3.63, 3.8) is 0 Å². The van der Waals surface area contributed by atoms with E-state index in [2.05, 4.69) is 15.3 Å². The maximum absolute atomic E-state index is 14.7. The van der Waals surface area contributed by atoms with Crippen LogP contribution in [0.2, 0.25) is 0 Å². The van der Waals surface area contributed by atoms with Crippen LogP contribution in [0.25, 0.3) is 27.2 Å². The quantitative estimate of drug-likeness (QED) is 0.375. The molecule has 3 aromatic carbocycles. The summed E-state index contributed by atoms with van der Waals surface area (Å²) in [5.74, 6) is -0.616. The Bertz CT molecular complexity index is 1610. The first kappa shape index (κ1) is 21.7. The molecule has 0 fully saturated rings. The van der Waals surface area contributed by atoms with E-state index in [0.717, 1.165) is 5.56 Å². The molecule has 2 aromatic heterocycles. The van der Waals surface area contributed by atoms with Gasteiger partial charge in [-0.3, -0.25) is 14.2 Å². The molecule has 0 saturated heterocycles. The lowest BCUT2D eigenvalue weighted by molar-refractivity contribution is 0.102. The fraction of sp³-hybridized carbons (Fsp3) is 0.0769. The van der Waals surface area contributed by atoms with Crippen LogP contribution in [0.15, 0.2) is 77.6 Å². The van der Waals surface area contributed by atoms with Crippen LogP contribution in [0.1, 0.15) is 21.2 Å². The second kappa shape index (κ2) is 8.64. The SMILES string of the molecule is Cc1nc(-c2ccccc2)sc1C(=O)Nc1cc(-n2c(C)nc3ccccc3c2=O)ccc1F. The molecular weight excluding hydrogens is 451 g/mol. The summed E-state index contributed by atoms with van der Waals surface area (Å²) < 4.78 is 16.1. The third kappa shape index (κ3) is 3.88. The molecule has 34 heavy (non-hydrogen) atoms. The lowest BCUT2D eigenvalue weighted by Gasteiger charge is -2.13. The van der Waals surface area contributed by atoms with E-state index in [1.54, 1.807) is 32.0 Å². The molecule has 0 saturated carbocycles. The fourth-order valence-electron chi connectivity index (χ4n) is 3.79. The first-order valence-electron chi connectivity index (χ1n) is 10.5. The molecule has 6 nitrogen and oxygen atoms in total. The molecule has 8 heteroatoms. The Morgan fingerprint density at radius 1 is 0.971 bits per heavy atom. The van der Waals surface area contributed by atoms with Crippen molar-refractivity contribution in [2.24, 2.45) is 0 Å². The fourth-order valence-corrected chi connectivity index (χ4v) is 4.75. The van der Waals surface area contributed by atoms with E-state index in [1.165, 1.54) is 34.1 Å². The molecule has 0 aliphatic rings. The van der Waals surface area contributed by atoms with Gasteiger partial charge in [-0.1, -0.05) is 42.5 Å². The summed E-state index contributed by atoms with van der Waals surface area (Å²) in [6, 6.07) is 20.7. The van der Waals surface area contributed by atoms with Crippen molar-refractivity contribution < 1.29 is 9.18 Å². The summed E-state index contributed by atoms with van der Waals surface area (Å²) in [6.07, 6.45) is 0. The van der Waals surface area contributed by atoms with Crippen LogP contribution in [0, 0.1) is 19.7 Å². The van der Waals surface area contributed by atoms with Crippen LogP contribution in [0.5, 0.6) is 0 Å². The van der Waals surface area contributed by atoms with Gasteiger partial charge in [-0.25, -0.2) is 14.4 Å². The summed E-state index contributed by atoms with van der Waals surface area (Å²) >= 11 is 1.24. The minimum atomic E-state index is -0.609. The highest BCUT2D eigenvalue weighted by molar-refractivity contribution is 7.17. The number of carbonyl (C=O) groups excluding carboxylic acids is 1. The number of hydrogen-bond donors (Lipinski definition) is 1. The monoisotopic (exact) mass is 470 g/mol. The van der Waals surface area contributed by atoms with Gasteiger partial charge in [0.15, 0.2) is 0 Å². The molecule has 5 rings (SSSR count). The van der Waals surface area contributed by atoms with E-state index in [1.807, 2.05) is 36.4 Å². The predicted octanol–water partition coefficient (Wildman–Crippen LogP) is 5.52. The Labute approximate surface area is 198 Å². The largest absolute Gasteiger partial charge is 0.319 e. The number of hydrogen-bond acceptors (Lipinski definition) is 5. The van der Waals surface area contributed by atoms with Crippen molar-refractivity contribution in [3.8, 4) is 16.3 Å². The Kier molecular flexibility index (Phi) is 5.51. The molecule has 0 unspecified atom stereocenters. The van der Waals surface area contributed by atoms with E-state index in [0.29, 0.717) is 38.0 Å². The highest BCUT2D eigenvalue weighted by Crippen LogP contribution is 2.29. The normalized spacial score (nSPS) is 11.0. The number of aryl methyl sites for hydroxylation is 2. The maximum atomic E-state index is 14.7. The number of para-hydroxylation sites is 1. The van der Waals surface area contributed by atoms with Crippen LogP contribution < -0.4 is 10.9 Å². The molecule has 5 aromatic rings. The second-order valence-electron chi connectivity index (χ2n) is 7.73. The van der Waals surface area contributed by atoms with Gasteiger partial charge < -0.3 is 5.32 Å². The number of anilines is 1. The Morgan fingerprint density at radius 2 is 1.71 bits per heavy atom. The van der Waals surface area contributed by atoms with E-state index >= 15 is 0 Å². The minimum absolute atomic E-state index is 0.0315. The van der Waals surface area contributed by atoms with Crippen LogP contribution in [-0.4, -0.2) is 20.4 Å². The van der Waals surface area contributed by atoms with Crippen molar-refractivity contribution in [1.29, 1.82) is 0 Å². The Hall–Kier alpha value is -4.17. The number of aromatic nitrogens is 3. The number of rotatable bonds is 4. The molecule has 0 spiro atoms. The Morgan fingerprint density at radius 3 is 2.50 bits per heavy atom. The smallest absolute Gasteiger partial charge is 0.267 e. The van der Waals surface area contributed by atoms with Crippen molar-refractivity contribution >= 4 is 33.8 Å². The molecule has 1 amide bonds. The third-order valence-corrected chi connectivity index (χ3v) is 6.63. The highest BCUT2D eigenvalue weighted by Gasteiger charge is 2.19. The van der Waals surface area contributed by atoms with Gasteiger partial charge in [-0.15, -0.1) is 11.3 Å². The summed E-state index contributed by atoms with van der Waals surface area (Å²) in [6.45, 7) is 3.45. The predicted molar refractivity (Wildman–Crippen MR) is 132 cm³/mol. The summed E-state index contributed by atoms with van der Waals surface area (Å²) in [4.78, 5) is 35.5. The summed E-state index contributed by atoms with van der Waals surface area (Å²) in [5.41, 5.74) is 2.16. The van der Waals surface area contributed by atoms with Crippen LogP contribution in [-0.2, 0) is 0 Å². The van der Waals surface area contributed by atoms with Gasteiger partial charge in [-0.05, 0) is 44.2 Å². The zero-order valence-electron chi connectivity index (χ0n) is 18.4. The number of amides is 1. The van der Waals surface area contributed by atoms with Gasteiger partial charge in [0.25, 0.3) is 11.5 Å². The molecule has 0 aliphatic carbocycles. The van der Waals surface area contributed by atoms with Crippen LogP contribution in [0.4, 0.5) is 10.1 Å². The van der Waals surface area contributed by atoms with Crippen molar-refractivity contribution in [2.75, 3.05) is 5.32 Å². The van der Waals surface area contributed by atoms with Gasteiger partial charge in [0.05, 0.1) is 28.0 Å². The van der Waals surface area contributed by atoms with Gasteiger partial charge in [0.2, 0.25) is 0 Å². The van der Waals surface area contributed by atoms with E-state index in [4.69, 9.17) is 0 Å². The molecule has 0 atom stereocenters. The standard InChI is InChI=1S/C26H19FN4O2S/c1-15-23(34-25(28-15)17-8-4-3-5-9-17)24(32)30-22-14-18(12-13-20(22)27)31-16(2)29-21-11-7-6-10-19(21)26(31)33/h3-14H,1-2H3,(H,30,32). The molecular formula is C26H19FN4O2S. The third-order valence-electron chi connectivity index (χ3n) is 5.42. The topological polar surface area (TPSA) is 76.9 Å². The average molecular weight is 471 g/mol. The highest BCUT2D eigenvalue weighted by atomic mass is 32.1. The Balaban J connectivity index is 1.50. The number of thiazole rings is 1. The summed E-state index contributed by atoms with van der Waals surface area (Å²) in [5, 5.41) is 3.80. The van der Waals surface area contributed by atoms with E-state index in [9.17, 15) is 14.0 Å². The molecule has 0 bridgehead atoms. The molecule has 168 valence electrons. The molecule has 1 N–H and O–H groups in total. The van der Waals surface area contributed by atoms with E-state index < -0.39 is 11.7 Å². The summed E-state index contributed by atoms with van der Waals surface area (Å²) in [7, 11) is 0. The number of benzene rings is 3. The van der Waals surface area contributed by atoms with Crippen LogP contribution >= 0.6 is 11.3 Å². The minimum Gasteiger partial charge on any atom is -0.319 e. The molecule has 0 aliphatic heterocycles. The molecule has 0 radical (unpaired) electrons. The van der Waals surface area contributed by atoms with Crippen molar-refractivity contribution in [1.82, 2.24) is 14.5 Å². The number of nitrogens with zero attached hydrogens (tertiary/aromatic N) is 3. The van der Waals surface area contributed by atoms with Crippen molar-refractivity contribution in [3.05, 3.63) is 105 Å². The lowest BCUT2D eigenvalue weighted by atomic mass is 10.2. The van der Waals surface area contributed by atoms with Gasteiger partial charge in [0, 0.05) is 5.56 Å². The van der Waals surface area contributed by atoms with E-state index in [-0.39, 0.29) is 11.2 Å². The van der Waals surface area contributed by atoms with Gasteiger partial charge in [0.1, 0.15) is 21.5 Å². The zero-order chi connectivity index (χ0) is 23.8. The second-order valence-corrected chi connectivity index (χ2v) is 8.73. The van der Waals surface area contributed by atoms with Crippen LogP contribution in [0.3, 0.4) is 0 Å².